The molecule has 39 heavy (non-hydrogen) atoms. The molecule has 0 saturated carbocycles. The van der Waals surface area contributed by atoms with Crippen molar-refractivity contribution in [2.45, 2.75) is 58.2 Å². The molecule has 0 unspecified atom stereocenters. The lowest BCUT2D eigenvalue weighted by Gasteiger charge is -2.40. The van der Waals surface area contributed by atoms with Gasteiger partial charge in [0, 0.05) is 59.5 Å². The number of ketones is 1. The molecule has 3 aromatic rings. The number of nitrogens with zero attached hydrogens (tertiary/aromatic N) is 6. The Morgan fingerprint density at radius 2 is 2.00 bits per heavy atom. The van der Waals surface area contributed by atoms with E-state index >= 15 is 0 Å². The zero-order valence-corrected chi connectivity index (χ0v) is 25.4. The van der Waals surface area contributed by atoms with Crippen LogP contribution in [0.4, 0.5) is 5.82 Å². The van der Waals surface area contributed by atoms with Crippen molar-refractivity contribution in [3.05, 3.63) is 43.9 Å². The molecule has 0 radical (unpaired) electrons. The first-order valence-corrected chi connectivity index (χ1v) is 15.8. The Morgan fingerprint density at radius 1 is 1.15 bits per heavy atom. The second kappa shape index (κ2) is 12.5. The second-order valence-corrected chi connectivity index (χ2v) is 13.3. The van der Waals surface area contributed by atoms with E-state index in [0.29, 0.717) is 18.3 Å². The zero-order chi connectivity index (χ0) is 27.5. The summed E-state index contributed by atoms with van der Waals surface area (Å²) in [5.74, 6) is -0.129. The molecule has 3 aromatic heterocycles. The Kier molecular flexibility index (Phi) is 9.07. The van der Waals surface area contributed by atoms with Crippen LogP contribution in [0.3, 0.4) is 0 Å². The van der Waals surface area contributed by atoms with Crippen LogP contribution in [0.25, 0.3) is 10.6 Å². The highest BCUT2D eigenvalue weighted by Gasteiger charge is 2.27. The monoisotopic (exact) mass is 632 g/mol. The Balaban J connectivity index is 1.25. The third-order valence-electron chi connectivity index (χ3n) is 7.46. The summed E-state index contributed by atoms with van der Waals surface area (Å²) in [6, 6.07) is 2.83. The Hall–Kier alpha value is -2.25. The maximum Gasteiger partial charge on any atom is 0.304 e. The van der Waals surface area contributed by atoms with E-state index in [2.05, 4.69) is 65.9 Å². The molecule has 0 amide bonds. The summed E-state index contributed by atoms with van der Waals surface area (Å²) in [5.41, 5.74) is 1.33. The Bertz CT molecular complexity index is 1310. The van der Waals surface area contributed by atoms with E-state index < -0.39 is 5.97 Å². The number of Topliss-reactive ketones (excluding diaryl/α,β-unsaturated/α-hetero) is 1. The summed E-state index contributed by atoms with van der Waals surface area (Å²) in [7, 11) is 0. The summed E-state index contributed by atoms with van der Waals surface area (Å²) in [5, 5.41) is 11.8. The number of aliphatic carboxylic acids is 1. The molecule has 2 atom stereocenters. The van der Waals surface area contributed by atoms with Crippen molar-refractivity contribution in [1.82, 2.24) is 24.8 Å². The van der Waals surface area contributed by atoms with Gasteiger partial charge in [0.2, 0.25) is 0 Å². The van der Waals surface area contributed by atoms with Crippen LogP contribution in [-0.4, -0.2) is 86.4 Å². The van der Waals surface area contributed by atoms with Gasteiger partial charge < -0.3 is 10.0 Å². The van der Waals surface area contributed by atoms with E-state index in [4.69, 9.17) is 10.1 Å². The van der Waals surface area contributed by atoms with Crippen molar-refractivity contribution < 1.29 is 14.7 Å². The van der Waals surface area contributed by atoms with Gasteiger partial charge >= 0.3 is 5.97 Å². The molecule has 2 aliphatic rings. The fourth-order valence-electron chi connectivity index (χ4n) is 5.30. The second-order valence-electron chi connectivity index (χ2n) is 10.3. The zero-order valence-electron chi connectivity index (χ0n) is 22.2. The number of hydrogen-bond acceptors (Lipinski definition) is 10. The normalized spacial score (nSPS) is 20.5. The molecule has 5 heterocycles. The molecule has 2 saturated heterocycles. The van der Waals surface area contributed by atoms with Crippen LogP contribution in [0.5, 0.6) is 0 Å². The predicted molar refractivity (Wildman–Crippen MR) is 158 cm³/mol. The number of piperazine rings is 1. The third-order valence-corrected chi connectivity index (χ3v) is 10.2. The number of aromatic nitrogens is 3. The lowest BCUT2D eigenvalue weighted by atomic mass is 10.2. The highest BCUT2D eigenvalue weighted by Crippen LogP contribution is 2.36. The van der Waals surface area contributed by atoms with E-state index in [1.54, 1.807) is 35.1 Å². The van der Waals surface area contributed by atoms with Gasteiger partial charge in [0.25, 0.3) is 0 Å². The molecular weight excluding hydrogens is 600 g/mol. The number of carboxylic acid groups (broad SMARTS) is 1. The van der Waals surface area contributed by atoms with Gasteiger partial charge in [-0.05, 0) is 55.2 Å². The van der Waals surface area contributed by atoms with Gasteiger partial charge in [-0.1, -0.05) is 0 Å². The maximum absolute atomic E-state index is 13.2. The van der Waals surface area contributed by atoms with Crippen LogP contribution >= 0.6 is 38.6 Å². The van der Waals surface area contributed by atoms with Crippen LogP contribution < -0.4 is 4.90 Å². The van der Waals surface area contributed by atoms with E-state index in [9.17, 15) is 9.59 Å². The minimum atomic E-state index is -0.776. The number of thiazole rings is 1. The van der Waals surface area contributed by atoms with Gasteiger partial charge in [0.05, 0.1) is 35.8 Å². The molecule has 0 aromatic carbocycles. The average molecular weight is 634 g/mol. The standard InChI is InChI=1S/C27H33BrN6O3S2/c1-17-4-3-6-33(17)15-23-27(22-10-19(28)16-38-22)31-25(39-23)11-21(35)20-12-30-24(13-29-20)34-9-8-32(14-18(34)2)7-5-26(36)37/h10,12-13,16-18H,3-9,11,14-15H2,1-2H3,(H,36,37)/t17-,18-/m1/s1. The fraction of sp³-hybridized carbons (Fsp3) is 0.519. The van der Waals surface area contributed by atoms with Gasteiger partial charge in [-0.2, -0.15) is 0 Å². The van der Waals surface area contributed by atoms with Gasteiger partial charge in [0.15, 0.2) is 5.78 Å². The highest BCUT2D eigenvalue weighted by atomic mass is 79.9. The lowest BCUT2D eigenvalue weighted by molar-refractivity contribution is -0.137. The number of carbonyl (C=O) groups is 2. The third kappa shape index (κ3) is 6.91. The number of rotatable bonds is 10. The number of anilines is 1. The molecular formula is C27H33BrN6O3S2. The number of hydrogen-bond donors (Lipinski definition) is 1. The molecule has 0 aliphatic carbocycles. The van der Waals surface area contributed by atoms with Crippen molar-refractivity contribution in [1.29, 1.82) is 0 Å². The van der Waals surface area contributed by atoms with Crippen molar-refractivity contribution >= 4 is 56.2 Å². The molecule has 208 valence electrons. The molecule has 0 spiro atoms. The van der Waals surface area contributed by atoms with Crippen molar-refractivity contribution in [2.75, 3.05) is 37.6 Å². The molecule has 2 aliphatic heterocycles. The summed E-state index contributed by atoms with van der Waals surface area (Å²) in [4.78, 5) is 47.2. The maximum atomic E-state index is 13.2. The molecule has 9 nitrogen and oxygen atoms in total. The highest BCUT2D eigenvalue weighted by molar-refractivity contribution is 9.10. The number of halogens is 1. The fourth-order valence-corrected chi connectivity index (χ4v) is 7.91. The van der Waals surface area contributed by atoms with Gasteiger partial charge in [-0.3, -0.25) is 19.4 Å². The van der Waals surface area contributed by atoms with E-state index in [-0.39, 0.29) is 24.7 Å². The summed E-state index contributed by atoms with van der Waals surface area (Å²) in [6.45, 7) is 9.15. The summed E-state index contributed by atoms with van der Waals surface area (Å²) < 4.78 is 1.04. The molecule has 12 heteroatoms. The average Bonchev–Trinajstić information content (AvgIpc) is 3.63. The first-order valence-electron chi connectivity index (χ1n) is 13.3. The van der Waals surface area contributed by atoms with Crippen LogP contribution in [0.15, 0.2) is 28.3 Å². The van der Waals surface area contributed by atoms with Crippen LogP contribution in [0.1, 0.15) is 53.5 Å². The summed E-state index contributed by atoms with van der Waals surface area (Å²) in [6.07, 6.45) is 6.03. The largest absolute Gasteiger partial charge is 0.481 e. The molecule has 0 bridgehead atoms. The van der Waals surface area contributed by atoms with Crippen LogP contribution in [-0.2, 0) is 17.8 Å². The molecule has 5 rings (SSSR count). The quantitative estimate of drug-likeness (QED) is 0.315. The van der Waals surface area contributed by atoms with Gasteiger partial charge in [-0.25, -0.2) is 15.0 Å². The van der Waals surface area contributed by atoms with Crippen molar-refractivity contribution in [3.8, 4) is 10.6 Å². The smallest absolute Gasteiger partial charge is 0.304 e. The predicted octanol–water partition coefficient (Wildman–Crippen LogP) is 4.82. The minimum absolute atomic E-state index is 0.0886. The minimum Gasteiger partial charge on any atom is -0.481 e. The first-order chi connectivity index (χ1) is 18.8. The Morgan fingerprint density at radius 3 is 2.64 bits per heavy atom. The van der Waals surface area contributed by atoms with Crippen LogP contribution in [0.2, 0.25) is 0 Å². The molecule has 2 fully saturated rings. The lowest BCUT2D eigenvalue weighted by Crippen LogP contribution is -2.52. The van der Waals surface area contributed by atoms with Crippen LogP contribution in [0, 0.1) is 0 Å². The Labute approximate surface area is 245 Å². The number of carbonyl (C=O) groups excluding carboxylic acids is 1. The SMILES string of the molecule is C[C@@H]1CCCN1Cc1sc(CC(=O)c2cnc(N3CCN(CCC(=O)O)C[C@H]3C)cn2)nc1-c1cc(Br)cs1. The first kappa shape index (κ1) is 28.3. The van der Waals surface area contributed by atoms with Crippen molar-refractivity contribution in [3.63, 3.8) is 0 Å². The van der Waals surface area contributed by atoms with E-state index in [1.165, 1.54) is 17.7 Å². The number of thiophene rings is 1. The molecule has 1 N–H and O–H groups in total. The van der Waals surface area contributed by atoms with E-state index in [0.717, 1.165) is 58.6 Å². The summed E-state index contributed by atoms with van der Waals surface area (Å²) >= 11 is 6.85. The topological polar surface area (TPSA) is 103 Å². The number of likely N-dealkylation sites (tertiary alicyclic amines) is 1. The van der Waals surface area contributed by atoms with Gasteiger partial charge in [-0.15, -0.1) is 22.7 Å². The van der Waals surface area contributed by atoms with Crippen molar-refractivity contribution in [2.24, 2.45) is 0 Å². The van der Waals surface area contributed by atoms with Gasteiger partial charge in [0.1, 0.15) is 16.5 Å². The van der Waals surface area contributed by atoms with E-state index in [1.807, 2.05) is 0 Å². The number of carboxylic acids is 1.